The zero-order valence-corrected chi connectivity index (χ0v) is 10.5. The van der Waals surface area contributed by atoms with E-state index < -0.39 is 11.2 Å². The first kappa shape index (κ1) is 10.3. The highest BCUT2D eigenvalue weighted by atomic mass is 16.6. The summed E-state index contributed by atoms with van der Waals surface area (Å²) < 4.78 is 6.12. The van der Waals surface area contributed by atoms with E-state index in [0.717, 1.165) is 18.4 Å². The first-order chi connectivity index (χ1) is 7.85. The first-order valence-electron chi connectivity index (χ1n) is 6.48. The van der Waals surface area contributed by atoms with Crippen molar-refractivity contribution in [1.29, 1.82) is 0 Å². The number of hydrogen-bond donors (Lipinski definition) is 1. The Morgan fingerprint density at radius 2 is 2.06 bits per heavy atom. The molecule has 2 heterocycles. The number of rotatable bonds is 0. The Bertz CT molecular complexity index is 472. The third kappa shape index (κ3) is 0.774. The van der Waals surface area contributed by atoms with Crippen LogP contribution in [-0.2, 0) is 9.53 Å². The zero-order valence-electron chi connectivity index (χ0n) is 10.5. The molecule has 0 aromatic carbocycles. The monoisotopic (exact) mass is 234 g/mol. The van der Waals surface area contributed by atoms with Gasteiger partial charge in [-0.2, -0.15) is 0 Å². The van der Waals surface area contributed by atoms with Crippen molar-refractivity contribution >= 4 is 5.78 Å². The minimum Gasteiger partial charge on any atom is -0.387 e. The van der Waals surface area contributed by atoms with Gasteiger partial charge in [0, 0.05) is 11.3 Å². The highest BCUT2D eigenvalue weighted by molar-refractivity contribution is 6.01. The van der Waals surface area contributed by atoms with Crippen molar-refractivity contribution in [2.24, 2.45) is 17.3 Å². The summed E-state index contributed by atoms with van der Waals surface area (Å²) >= 11 is 0. The molecule has 2 bridgehead atoms. The second-order valence-electron chi connectivity index (χ2n) is 6.64. The average Bonchev–Trinajstić information content (AvgIpc) is 2.90. The van der Waals surface area contributed by atoms with Crippen LogP contribution in [0.1, 0.15) is 33.6 Å². The fourth-order valence-electron chi connectivity index (χ4n) is 4.98. The SMILES string of the molecule is CC1=C[C@@H]2C(C1=O)[C@]1(C)O[C@H]2[C@](C)(O)C12CC2. The summed E-state index contributed by atoms with van der Waals surface area (Å²) in [5.41, 5.74) is -0.533. The van der Waals surface area contributed by atoms with E-state index in [-0.39, 0.29) is 29.1 Å². The van der Waals surface area contributed by atoms with E-state index in [4.69, 9.17) is 4.74 Å². The van der Waals surface area contributed by atoms with Gasteiger partial charge in [-0.1, -0.05) is 6.08 Å². The van der Waals surface area contributed by atoms with Crippen molar-refractivity contribution in [2.45, 2.75) is 50.9 Å². The lowest BCUT2D eigenvalue weighted by Crippen LogP contribution is -2.57. The van der Waals surface area contributed by atoms with E-state index in [0.29, 0.717) is 0 Å². The molecule has 0 aromatic rings. The molecular weight excluding hydrogens is 216 g/mol. The fraction of sp³-hybridized carbons (Fsp3) is 0.786. The maximum atomic E-state index is 12.3. The highest BCUT2D eigenvalue weighted by Gasteiger charge is 2.83. The van der Waals surface area contributed by atoms with Crippen LogP contribution in [0.4, 0.5) is 0 Å². The molecule has 0 aromatic heterocycles. The minimum absolute atomic E-state index is 0.0461. The molecule has 3 nitrogen and oxygen atoms in total. The zero-order chi connectivity index (χ0) is 12.2. The Morgan fingerprint density at radius 3 is 2.65 bits per heavy atom. The van der Waals surface area contributed by atoms with Crippen LogP contribution in [-0.4, -0.2) is 28.2 Å². The summed E-state index contributed by atoms with van der Waals surface area (Å²) in [7, 11) is 0. The van der Waals surface area contributed by atoms with Gasteiger partial charge in [0.15, 0.2) is 5.78 Å². The number of carbonyl (C=O) groups excluding carboxylic acids is 1. The smallest absolute Gasteiger partial charge is 0.164 e. The van der Waals surface area contributed by atoms with Crippen LogP contribution in [0.25, 0.3) is 0 Å². The number of Topliss-reactive ketones (excluding diaryl/α,β-unsaturated/α-hetero) is 1. The van der Waals surface area contributed by atoms with Crippen molar-refractivity contribution in [3.8, 4) is 0 Å². The van der Waals surface area contributed by atoms with Gasteiger partial charge in [-0.25, -0.2) is 0 Å². The van der Waals surface area contributed by atoms with Gasteiger partial charge >= 0.3 is 0 Å². The van der Waals surface area contributed by atoms with Gasteiger partial charge in [0.2, 0.25) is 0 Å². The molecule has 92 valence electrons. The van der Waals surface area contributed by atoms with Crippen molar-refractivity contribution in [1.82, 2.24) is 0 Å². The van der Waals surface area contributed by atoms with Gasteiger partial charge in [-0.15, -0.1) is 0 Å². The Hall–Kier alpha value is -0.670. The molecule has 3 fully saturated rings. The quantitative estimate of drug-likeness (QED) is 0.690. The van der Waals surface area contributed by atoms with Gasteiger partial charge in [0.05, 0.1) is 23.2 Å². The third-order valence-electron chi connectivity index (χ3n) is 6.04. The fourth-order valence-corrected chi connectivity index (χ4v) is 4.98. The number of ketones is 1. The van der Waals surface area contributed by atoms with Crippen LogP contribution in [0.5, 0.6) is 0 Å². The number of carbonyl (C=O) groups is 1. The molecule has 2 saturated heterocycles. The summed E-state index contributed by atoms with van der Waals surface area (Å²) in [6, 6.07) is 0. The summed E-state index contributed by atoms with van der Waals surface area (Å²) in [6.45, 7) is 5.83. The van der Waals surface area contributed by atoms with Crippen LogP contribution in [0, 0.1) is 17.3 Å². The number of aliphatic hydroxyl groups is 1. The predicted molar refractivity (Wildman–Crippen MR) is 61.3 cm³/mol. The number of allylic oxidation sites excluding steroid dienone is 1. The number of hydrogen-bond acceptors (Lipinski definition) is 3. The van der Waals surface area contributed by atoms with Crippen LogP contribution in [0.2, 0.25) is 0 Å². The molecule has 0 amide bonds. The molecule has 3 heteroatoms. The van der Waals surface area contributed by atoms with E-state index in [1.807, 2.05) is 26.8 Å². The topological polar surface area (TPSA) is 46.5 Å². The van der Waals surface area contributed by atoms with Gasteiger partial charge in [-0.05, 0) is 39.2 Å². The van der Waals surface area contributed by atoms with Crippen LogP contribution >= 0.6 is 0 Å². The molecule has 2 aliphatic carbocycles. The molecule has 17 heavy (non-hydrogen) atoms. The largest absolute Gasteiger partial charge is 0.387 e. The second kappa shape index (κ2) is 2.39. The molecular formula is C14H18O3. The Labute approximate surface area is 101 Å². The molecule has 1 N–H and O–H groups in total. The maximum Gasteiger partial charge on any atom is 0.164 e. The lowest BCUT2D eigenvalue weighted by Gasteiger charge is -2.44. The average molecular weight is 234 g/mol. The summed E-state index contributed by atoms with van der Waals surface area (Å²) in [6.07, 6.45) is 3.80. The Kier molecular flexibility index (Phi) is 1.44. The van der Waals surface area contributed by atoms with Crippen LogP contribution in [0.15, 0.2) is 11.6 Å². The predicted octanol–water partition coefficient (Wildman–Crippen LogP) is 1.45. The van der Waals surface area contributed by atoms with Gasteiger partial charge in [-0.3, -0.25) is 4.79 Å². The maximum absolute atomic E-state index is 12.3. The molecule has 1 spiro atoms. The van der Waals surface area contributed by atoms with E-state index in [1.54, 1.807) is 0 Å². The van der Waals surface area contributed by atoms with E-state index in [1.165, 1.54) is 0 Å². The normalized spacial score (nSPS) is 57.5. The molecule has 1 saturated carbocycles. The molecule has 4 rings (SSSR count). The van der Waals surface area contributed by atoms with Gasteiger partial charge in [0.25, 0.3) is 0 Å². The molecule has 0 radical (unpaired) electrons. The minimum atomic E-state index is -0.773. The summed E-state index contributed by atoms with van der Waals surface area (Å²) in [5.74, 6) is 0.283. The Morgan fingerprint density at radius 1 is 1.41 bits per heavy atom. The van der Waals surface area contributed by atoms with Gasteiger partial charge < -0.3 is 9.84 Å². The van der Waals surface area contributed by atoms with Crippen LogP contribution in [0.3, 0.4) is 0 Å². The van der Waals surface area contributed by atoms with Crippen molar-refractivity contribution in [2.75, 3.05) is 0 Å². The van der Waals surface area contributed by atoms with E-state index >= 15 is 0 Å². The summed E-state index contributed by atoms with van der Waals surface area (Å²) in [4.78, 5) is 12.3. The lowest BCUT2D eigenvalue weighted by atomic mass is 9.59. The molecule has 4 aliphatic rings. The number of fused-ring (bicyclic) bond motifs is 6. The second-order valence-corrected chi connectivity index (χ2v) is 6.64. The van der Waals surface area contributed by atoms with Crippen molar-refractivity contribution < 1.29 is 14.6 Å². The first-order valence-corrected chi connectivity index (χ1v) is 6.48. The lowest BCUT2D eigenvalue weighted by molar-refractivity contribution is -0.129. The Balaban J connectivity index is 1.91. The molecule has 5 atom stereocenters. The molecule has 2 aliphatic heterocycles. The van der Waals surface area contributed by atoms with E-state index in [2.05, 4.69) is 0 Å². The van der Waals surface area contributed by atoms with Gasteiger partial charge in [0.1, 0.15) is 0 Å². The standard InChI is InChI=1S/C14H18O3/c1-7-6-8-9(10(7)15)13(3)14(4-5-14)12(2,16)11(8)17-13/h6,8-9,11,16H,4-5H2,1-3H3/t8-,9?,11-,12+,13+/m1/s1. The molecule has 1 unspecified atom stereocenters. The van der Waals surface area contributed by atoms with Crippen LogP contribution < -0.4 is 0 Å². The highest BCUT2D eigenvalue weighted by Crippen LogP contribution is 2.76. The third-order valence-corrected chi connectivity index (χ3v) is 6.04. The van der Waals surface area contributed by atoms with Crippen molar-refractivity contribution in [3.63, 3.8) is 0 Å². The van der Waals surface area contributed by atoms with E-state index in [9.17, 15) is 9.90 Å². The van der Waals surface area contributed by atoms with Crippen molar-refractivity contribution in [3.05, 3.63) is 11.6 Å². The number of ether oxygens (including phenoxy) is 1. The summed E-state index contributed by atoms with van der Waals surface area (Å²) in [5, 5.41) is 10.8.